The van der Waals surface area contributed by atoms with Crippen molar-refractivity contribution in [3.63, 3.8) is 0 Å². The van der Waals surface area contributed by atoms with Crippen LogP contribution in [0.15, 0.2) is 16.7 Å². The number of sulfone groups is 1. The van der Waals surface area contributed by atoms with Gasteiger partial charge in [-0.25, -0.2) is 13.2 Å². The molecule has 1 heterocycles. The molecule has 100 valence electrons. The van der Waals surface area contributed by atoms with Gasteiger partial charge in [-0.3, -0.25) is 0 Å². The molecule has 2 rings (SSSR count). The van der Waals surface area contributed by atoms with Gasteiger partial charge in [-0.2, -0.15) is 0 Å². The Kier molecular flexibility index (Phi) is 3.75. The first kappa shape index (κ1) is 13.1. The number of carbonyl (C=O) groups is 1. The van der Waals surface area contributed by atoms with Gasteiger partial charge in [-0.15, -0.1) is 0 Å². The molecule has 1 N–H and O–H groups in total. The molecule has 0 radical (unpaired) electrons. The van der Waals surface area contributed by atoms with Crippen LogP contribution in [0.3, 0.4) is 0 Å². The Morgan fingerprint density at radius 1 is 1.39 bits per heavy atom. The van der Waals surface area contributed by atoms with Gasteiger partial charge in [0.15, 0.2) is 9.84 Å². The van der Waals surface area contributed by atoms with Crippen LogP contribution in [0.2, 0.25) is 0 Å². The second-order valence-electron chi connectivity index (χ2n) is 4.77. The minimum Gasteiger partial charge on any atom is -0.478 e. The first-order valence-corrected chi connectivity index (χ1v) is 7.80. The Balaban J connectivity index is 2.07. The number of aromatic carboxylic acids is 1. The summed E-state index contributed by atoms with van der Waals surface area (Å²) in [7, 11) is -3.30. The molecule has 1 aliphatic carbocycles. The van der Waals surface area contributed by atoms with Gasteiger partial charge >= 0.3 is 5.97 Å². The average molecular weight is 272 g/mol. The van der Waals surface area contributed by atoms with Crippen LogP contribution in [-0.4, -0.2) is 25.2 Å². The normalized spacial score (nSPS) is 17.1. The highest BCUT2D eigenvalue weighted by molar-refractivity contribution is 7.90. The van der Waals surface area contributed by atoms with Crippen LogP contribution in [0, 0.1) is 5.92 Å². The number of furan rings is 1. The van der Waals surface area contributed by atoms with Crippen LogP contribution in [0.25, 0.3) is 0 Å². The highest BCUT2D eigenvalue weighted by Gasteiger charge is 2.25. The van der Waals surface area contributed by atoms with Crippen molar-refractivity contribution in [2.24, 2.45) is 5.92 Å². The maximum absolute atomic E-state index is 12.0. The van der Waals surface area contributed by atoms with Crippen molar-refractivity contribution in [1.29, 1.82) is 0 Å². The van der Waals surface area contributed by atoms with Crippen LogP contribution >= 0.6 is 0 Å². The standard InChI is InChI=1S/C12H16O5S/c13-12(14)10-5-6-17-11(10)8-18(15,16)7-9-3-1-2-4-9/h5-6,9H,1-4,7-8H2,(H,13,14). The van der Waals surface area contributed by atoms with Gasteiger partial charge < -0.3 is 9.52 Å². The van der Waals surface area contributed by atoms with Gasteiger partial charge in [0, 0.05) is 0 Å². The molecule has 0 bridgehead atoms. The van der Waals surface area contributed by atoms with E-state index in [4.69, 9.17) is 9.52 Å². The summed E-state index contributed by atoms with van der Waals surface area (Å²) >= 11 is 0. The molecule has 1 fully saturated rings. The summed E-state index contributed by atoms with van der Waals surface area (Å²) < 4.78 is 28.9. The van der Waals surface area contributed by atoms with Crippen LogP contribution in [-0.2, 0) is 15.6 Å². The molecule has 0 amide bonds. The molecule has 6 heteroatoms. The molecule has 18 heavy (non-hydrogen) atoms. The van der Waals surface area contributed by atoms with Crippen molar-refractivity contribution in [2.75, 3.05) is 5.75 Å². The lowest BCUT2D eigenvalue weighted by molar-refractivity contribution is 0.0695. The number of hydrogen-bond acceptors (Lipinski definition) is 4. The fourth-order valence-corrected chi connectivity index (χ4v) is 4.23. The molecule has 0 aromatic carbocycles. The lowest BCUT2D eigenvalue weighted by Crippen LogP contribution is -2.16. The van der Waals surface area contributed by atoms with Gasteiger partial charge in [0.25, 0.3) is 0 Å². The number of carboxylic acids is 1. The maximum atomic E-state index is 12.0. The number of carboxylic acid groups (broad SMARTS) is 1. The zero-order valence-electron chi connectivity index (χ0n) is 9.96. The monoisotopic (exact) mass is 272 g/mol. The molecule has 0 spiro atoms. The predicted octanol–water partition coefficient (Wildman–Crippen LogP) is 2.08. The van der Waals surface area contributed by atoms with E-state index in [-0.39, 0.29) is 28.7 Å². The average Bonchev–Trinajstić information content (AvgIpc) is 2.87. The van der Waals surface area contributed by atoms with E-state index in [1.165, 1.54) is 12.3 Å². The molecule has 0 atom stereocenters. The fourth-order valence-electron chi connectivity index (χ4n) is 2.44. The Hall–Kier alpha value is -1.30. The third-order valence-corrected chi connectivity index (χ3v) is 4.97. The van der Waals surface area contributed by atoms with Gasteiger partial charge in [0.05, 0.1) is 12.0 Å². The lowest BCUT2D eigenvalue weighted by Gasteiger charge is -2.09. The summed E-state index contributed by atoms with van der Waals surface area (Å²) in [6.45, 7) is 0. The molecule has 1 aromatic heterocycles. The summed E-state index contributed by atoms with van der Waals surface area (Å²) in [6.07, 6.45) is 5.28. The van der Waals surface area contributed by atoms with E-state index in [0.717, 1.165) is 25.7 Å². The van der Waals surface area contributed by atoms with Crippen molar-refractivity contribution in [2.45, 2.75) is 31.4 Å². The Morgan fingerprint density at radius 2 is 2.06 bits per heavy atom. The SMILES string of the molecule is O=C(O)c1ccoc1CS(=O)(=O)CC1CCCC1. The smallest absolute Gasteiger partial charge is 0.339 e. The van der Waals surface area contributed by atoms with Gasteiger partial charge in [0.1, 0.15) is 17.1 Å². The van der Waals surface area contributed by atoms with Crippen molar-refractivity contribution in [3.8, 4) is 0 Å². The quantitative estimate of drug-likeness (QED) is 0.887. The highest BCUT2D eigenvalue weighted by atomic mass is 32.2. The molecule has 0 unspecified atom stereocenters. The number of rotatable bonds is 5. The topological polar surface area (TPSA) is 84.6 Å². The summed E-state index contributed by atoms with van der Waals surface area (Å²) in [5.74, 6) is -1.10. The van der Waals surface area contributed by atoms with Crippen LogP contribution < -0.4 is 0 Å². The van der Waals surface area contributed by atoms with Crippen LogP contribution in [0.1, 0.15) is 41.8 Å². The first-order valence-electron chi connectivity index (χ1n) is 5.98. The fraction of sp³-hybridized carbons (Fsp3) is 0.583. The van der Waals surface area contributed by atoms with Crippen molar-refractivity contribution < 1.29 is 22.7 Å². The van der Waals surface area contributed by atoms with E-state index in [2.05, 4.69) is 0 Å². The minimum atomic E-state index is -3.30. The highest BCUT2D eigenvalue weighted by Crippen LogP contribution is 2.27. The Bertz CT molecular complexity index is 522. The summed E-state index contributed by atoms with van der Waals surface area (Å²) in [4.78, 5) is 10.9. The first-order chi connectivity index (χ1) is 8.48. The van der Waals surface area contributed by atoms with Crippen molar-refractivity contribution in [3.05, 3.63) is 23.7 Å². The van der Waals surface area contributed by atoms with Gasteiger partial charge in [-0.05, 0) is 24.8 Å². The maximum Gasteiger partial charge on any atom is 0.339 e. The largest absolute Gasteiger partial charge is 0.478 e. The van der Waals surface area contributed by atoms with E-state index >= 15 is 0 Å². The van der Waals surface area contributed by atoms with Crippen LogP contribution in [0.4, 0.5) is 0 Å². The second-order valence-corrected chi connectivity index (χ2v) is 6.88. The molecule has 1 aromatic rings. The molecular formula is C12H16O5S. The van der Waals surface area contributed by atoms with E-state index in [1.807, 2.05) is 0 Å². The predicted molar refractivity (Wildman–Crippen MR) is 65.1 cm³/mol. The zero-order chi connectivity index (χ0) is 13.2. The summed E-state index contributed by atoms with van der Waals surface area (Å²) in [5, 5.41) is 8.88. The van der Waals surface area contributed by atoms with Gasteiger partial charge in [-0.1, -0.05) is 12.8 Å². The number of hydrogen-bond donors (Lipinski definition) is 1. The third kappa shape index (κ3) is 3.13. The minimum absolute atomic E-state index is 0.0282. The van der Waals surface area contributed by atoms with E-state index in [1.54, 1.807) is 0 Å². The van der Waals surface area contributed by atoms with E-state index < -0.39 is 15.8 Å². The molecule has 1 aliphatic rings. The molecule has 1 saturated carbocycles. The Labute approximate surface area is 106 Å². The molecule has 0 aliphatic heterocycles. The van der Waals surface area contributed by atoms with E-state index in [9.17, 15) is 13.2 Å². The Morgan fingerprint density at radius 3 is 2.67 bits per heavy atom. The lowest BCUT2D eigenvalue weighted by atomic mass is 10.1. The molecule has 0 saturated heterocycles. The molecular weight excluding hydrogens is 256 g/mol. The summed E-state index contributed by atoms with van der Waals surface area (Å²) in [5.41, 5.74) is -0.0648. The third-order valence-electron chi connectivity index (χ3n) is 3.29. The molecule has 5 nitrogen and oxygen atoms in total. The summed E-state index contributed by atoms with van der Waals surface area (Å²) in [6, 6.07) is 1.28. The zero-order valence-corrected chi connectivity index (χ0v) is 10.8. The van der Waals surface area contributed by atoms with Gasteiger partial charge in [0.2, 0.25) is 0 Å². The second kappa shape index (κ2) is 5.14. The van der Waals surface area contributed by atoms with Crippen molar-refractivity contribution in [1.82, 2.24) is 0 Å². The van der Waals surface area contributed by atoms with E-state index in [0.29, 0.717) is 0 Å². The van der Waals surface area contributed by atoms with Crippen LogP contribution in [0.5, 0.6) is 0 Å². The van der Waals surface area contributed by atoms with Crippen molar-refractivity contribution >= 4 is 15.8 Å².